The van der Waals surface area contributed by atoms with Crippen LogP contribution >= 0.6 is 0 Å². The fourth-order valence-electron chi connectivity index (χ4n) is 2.73. The highest BCUT2D eigenvalue weighted by molar-refractivity contribution is 5.76. The topological polar surface area (TPSA) is 66.8 Å². The first-order chi connectivity index (χ1) is 9.74. The number of aromatic nitrogens is 4. The van der Waals surface area contributed by atoms with Crippen molar-refractivity contribution in [3.63, 3.8) is 0 Å². The van der Waals surface area contributed by atoms with Crippen LogP contribution in [-0.2, 0) is 11.3 Å². The first-order valence-electron chi connectivity index (χ1n) is 6.99. The molecule has 3 heterocycles. The molecule has 106 valence electrons. The average molecular weight is 273 g/mol. The lowest BCUT2D eigenvalue weighted by molar-refractivity contribution is -0.130. The molecule has 0 aliphatic carbocycles. The SMILES string of the molecule is Cc1ccnn1CCC(=O)N1CCC(c2ccn[nH]2)C1. The number of carbonyl (C=O) groups is 1. The molecule has 0 saturated carbocycles. The van der Waals surface area contributed by atoms with Gasteiger partial charge < -0.3 is 4.90 Å². The van der Waals surface area contributed by atoms with E-state index in [1.165, 1.54) is 0 Å². The highest BCUT2D eigenvalue weighted by Crippen LogP contribution is 2.25. The zero-order valence-electron chi connectivity index (χ0n) is 11.6. The van der Waals surface area contributed by atoms with Gasteiger partial charge in [-0.05, 0) is 25.5 Å². The number of rotatable bonds is 4. The Labute approximate surface area is 117 Å². The maximum Gasteiger partial charge on any atom is 0.224 e. The lowest BCUT2D eigenvalue weighted by atomic mass is 10.1. The summed E-state index contributed by atoms with van der Waals surface area (Å²) in [7, 11) is 0. The molecule has 20 heavy (non-hydrogen) atoms. The molecule has 0 spiro atoms. The maximum atomic E-state index is 12.2. The molecule has 6 heteroatoms. The van der Waals surface area contributed by atoms with Crippen molar-refractivity contribution in [1.29, 1.82) is 0 Å². The van der Waals surface area contributed by atoms with E-state index in [2.05, 4.69) is 15.3 Å². The van der Waals surface area contributed by atoms with Gasteiger partial charge in [-0.3, -0.25) is 14.6 Å². The second-order valence-electron chi connectivity index (χ2n) is 5.28. The van der Waals surface area contributed by atoms with Crippen molar-refractivity contribution in [1.82, 2.24) is 24.9 Å². The third kappa shape index (κ3) is 2.59. The van der Waals surface area contributed by atoms with Gasteiger partial charge in [0.05, 0.1) is 0 Å². The number of carbonyl (C=O) groups excluding carboxylic acids is 1. The summed E-state index contributed by atoms with van der Waals surface area (Å²) in [5, 5.41) is 11.2. The zero-order valence-corrected chi connectivity index (χ0v) is 11.6. The van der Waals surface area contributed by atoms with E-state index in [0.717, 1.165) is 30.9 Å². The van der Waals surface area contributed by atoms with E-state index in [9.17, 15) is 4.79 Å². The first kappa shape index (κ1) is 12.9. The Hall–Kier alpha value is -2.11. The Morgan fingerprint density at radius 2 is 2.35 bits per heavy atom. The second kappa shape index (κ2) is 5.48. The molecule has 0 bridgehead atoms. The average Bonchev–Trinajstić information content (AvgIpc) is 3.17. The van der Waals surface area contributed by atoms with E-state index >= 15 is 0 Å². The van der Waals surface area contributed by atoms with Crippen molar-refractivity contribution >= 4 is 5.91 Å². The molecule has 1 aliphatic rings. The number of likely N-dealkylation sites (tertiary alicyclic amines) is 1. The molecular formula is C14H19N5O. The van der Waals surface area contributed by atoms with Gasteiger partial charge in [0.1, 0.15) is 0 Å². The van der Waals surface area contributed by atoms with E-state index < -0.39 is 0 Å². The van der Waals surface area contributed by atoms with E-state index in [-0.39, 0.29) is 5.91 Å². The highest BCUT2D eigenvalue weighted by atomic mass is 16.2. The maximum absolute atomic E-state index is 12.2. The van der Waals surface area contributed by atoms with Crippen molar-refractivity contribution in [2.45, 2.75) is 32.2 Å². The van der Waals surface area contributed by atoms with Gasteiger partial charge in [0.2, 0.25) is 5.91 Å². The predicted molar refractivity (Wildman–Crippen MR) is 74.1 cm³/mol. The van der Waals surface area contributed by atoms with Crippen LogP contribution in [0.3, 0.4) is 0 Å². The van der Waals surface area contributed by atoms with Crippen LogP contribution in [0.4, 0.5) is 0 Å². The molecule has 1 atom stereocenters. The Morgan fingerprint density at radius 3 is 3.05 bits per heavy atom. The van der Waals surface area contributed by atoms with Crippen LogP contribution in [-0.4, -0.2) is 43.9 Å². The first-order valence-corrected chi connectivity index (χ1v) is 6.99. The summed E-state index contributed by atoms with van der Waals surface area (Å²) in [6.07, 6.45) is 5.05. The van der Waals surface area contributed by atoms with Crippen LogP contribution in [0.5, 0.6) is 0 Å². The number of nitrogens with zero attached hydrogens (tertiary/aromatic N) is 4. The largest absolute Gasteiger partial charge is 0.342 e. The van der Waals surface area contributed by atoms with Gasteiger partial charge in [-0.25, -0.2) is 0 Å². The summed E-state index contributed by atoms with van der Waals surface area (Å²) in [6, 6.07) is 3.94. The van der Waals surface area contributed by atoms with E-state index in [1.54, 1.807) is 12.4 Å². The molecule has 6 nitrogen and oxygen atoms in total. The lowest BCUT2D eigenvalue weighted by Crippen LogP contribution is -2.29. The summed E-state index contributed by atoms with van der Waals surface area (Å²) in [5.74, 6) is 0.606. The van der Waals surface area contributed by atoms with Crippen LogP contribution in [0, 0.1) is 6.92 Å². The number of nitrogens with one attached hydrogen (secondary N) is 1. The second-order valence-corrected chi connectivity index (χ2v) is 5.28. The molecule has 1 N–H and O–H groups in total. The molecule has 2 aromatic heterocycles. The van der Waals surface area contributed by atoms with Crippen molar-refractivity contribution in [3.8, 4) is 0 Å². The number of aromatic amines is 1. The molecule has 1 saturated heterocycles. The summed E-state index contributed by atoms with van der Waals surface area (Å²) < 4.78 is 1.88. The van der Waals surface area contributed by atoms with Gasteiger partial charge in [-0.2, -0.15) is 10.2 Å². The van der Waals surface area contributed by atoms with Crippen LogP contribution in [0.2, 0.25) is 0 Å². The van der Waals surface area contributed by atoms with Crippen LogP contribution < -0.4 is 0 Å². The molecule has 2 aromatic rings. The summed E-state index contributed by atoms with van der Waals surface area (Å²) >= 11 is 0. The Morgan fingerprint density at radius 1 is 1.45 bits per heavy atom. The molecule has 3 rings (SSSR count). The quantitative estimate of drug-likeness (QED) is 0.913. The predicted octanol–water partition coefficient (Wildman–Crippen LogP) is 1.32. The van der Waals surface area contributed by atoms with E-state index in [4.69, 9.17) is 0 Å². The normalized spacial score (nSPS) is 18.6. The summed E-state index contributed by atoms with van der Waals surface area (Å²) in [5.41, 5.74) is 2.22. The molecule has 1 fully saturated rings. The minimum atomic E-state index is 0.210. The Balaban J connectivity index is 1.53. The fraction of sp³-hybridized carbons (Fsp3) is 0.500. The van der Waals surface area contributed by atoms with Crippen LogP contribution in [0.25, 0.3) is 0 Å². The summed E-state index contributed by atoms with van der Waals surface area (Å²) in [4.78, 5) is 14.2. The zero-order chi connectivity index (χ0) is 13.9. The van der Waals surface area contributed by atoms with Gasteiger partial charge in [0.15, 0.2) is 0 Å². The number of amides is 1. The van der Waals surface area contributed by atoms with Gasteiger partial charge in [-0.1, -0.05) is 0 Å². The monoisotopic (exact) mass is 273 g/mol. The molecule has 0 aromatic carbocycles. The van der Waals surface area contributed by atoms with Crippen molar-refractivity contribution in [2.24, 2.45) is 0 Å². The number of H-pyrrole nitrogens is 1. The van der Waals surface area contributed by atoms with Crippen molar-refractivity contribution < 1.29 is 4.79 Å². The van der Waals surface area contributed by atoms with Gasteiger partial charge in [-0.15, -0.1) is 0 Å². The van der Waals surface area contributed by atoms with Crippen LogP contribution in [0.15, 0.2) is 24.5 Å². The molecule has 1 unspecified atom stereocenters. The molecular weight excluding hydrogens is 254 g/mol. The minimum Gasteiger partial charge on any atom is -0.342 e. The lowest BCUT2D eigenvalue weighted by Gasteiger charge is -2.16. The van der Waals surface area contributed by atoms with Crippen LogP contribution in [0.1, 0.15) is 30.1 Å². The molecule has 0 radical (unpaired) electrons. The van der Waals surface area contributed by atoms with E-state index in [0.29, 0.717) is 18.9 Å². The molecule has 1 amide bonds. The number of hydrogen-bond acceptors (Lipinski definition) is 3. The van der Waals surface area contributed by atoms with Crippen molar-refractivity contribution in [2.75, 3.05) is 13.1 Å². The third-order valence-electron chi connectivity index (χ3n) is 3.97. The van der Waals surface area contributed by atoms with Gasteiger partial charge >= 0.3 is 0 Å². The minimum absolute atomic E-state index is 0.210. The van der Waals surface area contributed by atoms with Gasteiger partial charge in [0, 0.05) is 55.8 Å². The smallest absolute Gasteiger partial charge is 0.224 e. The van der Waals surface area contributed by atoms with Gasteiger partial charge in [0.25, 0.3) is 0 Å². The fourth-order valence-corrected chi connectivity index (χ4v) is 2.73. The Kier molecular flexibility index (Phi) is 3.54. The third-order valence-corrected chi connectivity index (χ3v) is 3.97. The van der Waals surface area contributed by atoms with E-state index in [1.807, 2.05) is 28.6 Å². The number of aryl methyl sites for hydroxylation is 2. The standard InChI is InChI=1S/C14H19N5O/c1-11-2-7-16-19(11)9-5-14(20)18-8-4-12(10-18)13-3-6-15-17-13/h2-3,6-7,12H,4-5,8-10H2,1H3,(H,15,17). The summed E-state index contributed by atoms with van der Waals surface area (Å²) in [6.45, 7) is 4.28. The Bertz CT molecular complexity index is 574. The molecule has 1 aliphatic heterocycles. The van der Waals surface area contributed by atoms with Crippen molar-refractivity contribution in [3.05, 3.63) is 35.9 Å². The highest BCUT2D eigenvalue weighted by Gasteiger charge is 2.27. The number of hydrogen-bond donors (Lipinski definition) is 1.